The zero-order valence-electron chi connectivity index (χ0n) is 18.4. The van der Waals surface area contributed by atoms with Crippen molar-refractivity contribution in [2.75, 3.05) is 14.2 Å². The van der Waals surface area contributed by atoms with E-state index in [0.29, 0.717) is 6.54 Å². The number of nitrogens with zero attached hydrogens (tertiary/aromatic N) is 2. The molecular formula is C26H23BrN2O4. The molecule has 4 rings (SSSR count). The van der Waals surface area contributed by atoms with Gasteiger partial charge in [0, 0.05) is 16.6 Å². The lowest BCUT2D eigenvalue weighted by Crippen LogP contribution is -2.07. The fraction of sp³-hybridized carbons (Fsp3) is 0.192. The number of hydrogen-bond donors (Lipinski definition) is 0. The van der Waals surface area contributed by atoms with Gasteiger partial charge in [-0.15, -0.1) is 0 Å². The molecule has 4 aromatic rings. The fourth-order valence-corrected chi connectivity index (χ4v) is 4.26. The number of methoxy groups -OCH3 is 2. The second-order valence-electron chi connectivity index (χ2n) is 7.66. The lowest BCUT2D eigenvalue weighted by molar-refractivity contribution is -0.140. The number of para-hydroxylation sites is 1. The number of fused-ring (bicyclic) bond motifs is 1. The van der Waals surface area contributed by atoms with Crippen LogP contribution >= 0.6 is 15.9 Å². The number of ether oxygens (including phenoxy) is 2. The summed E-state index contributed by atoms with van der Waals surface area (Å²) in [6.07, 6.45) is 0.423. The van der Waals surface area contributed by atoms with E-state index in [2.05, 4.69) is 20.5 Å². The van der Waals surface area contributed by atoms with Gasteiger partial charge in [0.25, 0.3) is 0 Å². The van der Waals surface area contributed by atoms with E-state index in [1.165, 1.54) is 14.2 Å². The molecule has 0 aliphatic rings. The molecule has 1 heterocycles. The van der Waals surface area contributed by atoms with Crippen molar-refractivity contribution < 1.29 is 19.1 Å². The normalized spacial score (nSPS) is 10.9. The maximum absolute atomic E-state index is 11.8. The van der Waals surface area contributed by atoms with E-state index >= 15 is 0 Å². The Morgan fingerprint density at radius 3 is 2.15 bits per heavy atom. The lowest BCUT2D eigenvalue weighted by atomic mass is 10.1. The van der Waals surface area contributed by atoms with Gasteiger partial charge in [0.2, 0.25) is 0 Å². The van der Waals surface area contributed by atoms with Crippen molar-refractivity contribution in [1.82, 2.24) is 9.55 Å². The van der Waals surface area contributed by atoms with Gasteiger partial charge in [-0.25, -0.2) is 4.98 Å². The van der Waals surface area contributed by atoms with Gasteiger partial charge in [0.15, 0.2) is 0 Å². The van der Waals surface area contributed by atoms with Crippen molar-refractivity contribution in [1.29, 1.82) is 0 Å². The smallest absolute Gasteiger partial charge is 0.309 e. The third-order valence-corrected chi connectivity index (χ3v) is 6.04. The SMILES string of the molecule is COC(=O)Cc1cccc(Cn2c(-c3cccc(CC(=O)OC)c3)nc3c(Br)cccc32)c1. The van der Waals surface area contributed by atoms with Crippen LogP contribution < -0.4 is 0 Å². The Kier molecular flexibility index (Phi) is 6.89. The Balaban J connectivity index is 1.78. The number of aromatic nitrogens is 2. The Labute approximate surface area is 200 Å². The van der Waals surface area contributed by atoms with Crippen molar-refractivity contribution >= 4 is 38.9 Å². The van der Waals surface area contributed by atoms with Gasteiger partial charge in [-0.05, 0) is 50.8 Å². The summed E-state index contributed by atoms with van der Waals surface area (Å²) >= 11 is 3.62. The number of carbonyl (C=O) groups is 2. The molecule has 0 saturated carbocycles. The van der Waals surface area contributed by atoms with E-state index in [0.717, 1.165) is 43.6 Å². The Bertz CT molecular complexity index is 1330. The zero-order valence-corrected chi connectivity index (χ0v) is 20.0. The van der Waals surface area contributed by atoms with Crippen LogP contribution in [0.1, 0.15) is 16.7 Å². The van der Waals surface area contributed by atoms with E-state index in [9.17, 15) is 9.59 Å². The molecule has 0 amide bonds. The van der Waals surface area contributed by atoms with Crippen molar-refractivity contribution in [2.45, 2.75) is 19.4 Å². The number of halogens is 1. The standard InChI is InChI=1S/C26H23BrN2O4/c1-32-23(30)14-17-6-3-8-19(12-17)16-29-22-11-5-10-21(27)25(22)28-26(29)20-9-4-7-18(13-20)15-24(31)33-2/h3-13H,14-16H2,1-2H3. The number of carbonyl (C=O) groups excluding carboxylic acids is 2. The van der Waals surface area contributed by atoms with Gasteiger partial charge in [-0.1, -0.05) is 48.5 Å². The van der Waals surface area contributed by atoms with Gasteiger partial charge in [0.1, 0.15) is 11.3 Å². The van der Waals surface area contributed by atoms with Crippen LogP contribution in [0.2, 0.25) is 0 Å². The minimum absolute atomic E-state index is 0.198. The highest BCUT2D eigenvalue weighted by Gasteiger charge is 2.16. The highest BCUT2D eigenvalue weighted by Crippen LogP contribution is 2.30. The second-order valence-corrected chi connectivity index (χ2v) is 8.51. The Morgan fingerprint density at radius 1 is 0.848 bits per heavy atom. The first-order valence-electron chi connectivity index (χ1n) is 10.4. The van der Waals surface area contributed by atoms with Crippen molar-refractivity contribution in [3.05, 3.63) is 87.9 Å². The molecule has 0 aliphatic heterocycles. The predicted octanol–water partition coefficient (Wildman–Crippen LogP) is 4.95. The van der Waals surface area contributed by atoms with Gasteiger partial charge >= 0.3 is 11.9 Å². The van der Waals surface area contributed by atoms with Gasteiger partial charge in [0.05, 0.1) is 32.6 Å². The molecule has 0 saturated heterocycles. The minimum Gasteiger partial charge on any atom is -0.469 e. The molecule has 0 unspecified atom stereocenters. The number of imidazole rings is 1. The summed E-state index contributed by atoms with van der Waals surface area (Å²) in [4.78, 5) is 28.4. The summed E-state index contributed by atoms with van der Waals surface area (Å²) in [5, 5.41) is 0. The molecule has 0 fully saturated rings. The first kappa shape index (κ1) is 22.7. The van der Waals surface area contributed by atoms with Gasteiger partial charge in [-0.2, -0.15) is 0 Å². The monoisotopic (exact) mass is 506 g/mol. The lowest BCUT2D eigenvalue weighted by Gasteiger charge is -2.12. The highest BCUT2D eigenvalue weighted by molar-refractivity contribution is 9.10. The van der Waals surface area contributed by atoms with Crippen molar-refractivity contribution in [2.24, 2.45) is 0 Å². The van der Waals surface area contributed by atoms with E-state index in [1.807, 2.05) is 66.7 Å². The number of rotatable bonds is 7. The first-order chi connectivity index (χ1) is 16.0. The van der Waals surface area contributed by atoms with Crippen LogP contribution in [0.4, 0.5) is 0 Å². The van der Waals surface area contributed by atoms with Crippen LogP contribution in [0.15, 0.2) is 71.2 Å². The average molecular weight is 507 g/mol. The maximum atomic E-state index is 11.8. The summed E-state index contributed by atoms with van der Waals surface area (Å²) in [5.41, 5.74) is 5.55. The van der Waals surface area contributed by atoms with Crippen LogP contribution in [0.3, 0.4) is 0 Å². The summed E-state index contributed by atoms with van der Waals surface area (Å²) in [5.74, 6) is 0.236. The second kappa shape index (κ2) is 10.0. The van der Waals surface area contributed by atoms with Gasteiger partial charge < -0.3 is 14.0 Å². The number of esters is 2. The molecule has 168 valence electrons. The fourth-order valence-electron chi connectivity index (χ4n) is 3.81. The summed E-state index contributed by atoms with van der Waals surface area (Å²) in [6.45, 7) is 0.568. The quantitative estimate of drug-likeness (QED) is 0.332. The summed E-state index contributed by atoms with van der Waals surface area (Å²) < 4.78 is 12.7. The van der Waals surface area contributed by atoms with Gasteiger partial charge in [-0.3, -0.25) is 9.59 Å². The highest BCUT2D eigenvalue weighted by atomic mass is 79.9. The Morgan fingerprint density at radius 2 is 1.45 bits per heavy atom. The molecule has 0 radical (unpaired) electrons. The molecule has 0 aliphatic carbocycles. The average Bonchev–Trinajstić information content (AvgIpc) is 3.19. The predicted molar refractivity (Wildman–Crippen MR) is 130 cm³/mol. The topological polar surface area (TPSA) is 70.4 Å². The summed E-state index contributed by atoms with van der Waals surface area (Å²) in [7, 11) is 2.78. The van der Waals surface area contributed by atoms with Crippen molar-refractivity contribution in [3.63, 3.8) is 0 Å². The summed E-state index contributed by atoms with van der Waals surface area (Å²) in [6, 6.07) is 21.7. The zero-order chi connectivity index (χ0) is 23.4. The van der Waals surface area contributed by atoms with Crippen molar-refractivity contribution in [3.8, 4) is 11.4 Å². The van der Waals surface area contributed by atoms with Crippen LogP contribution in [0.5, 0.6) is 0 Å². The van der Waals surface area contributed by atoms with Crippen LogP contribution in [0.25, 0.3) is 22.4 Å². The van der Waals surface area contributed by atoms with E-state index in [1.54, 1.807) is 0 Å². The number of benzene rings is 3. The molecule has 3 aromatic carbocycles. The third-order valence-electron chi connectivity index (χ3n) is 5.40. The van der Waals surface area contributed by atoms with E-state index < -0.39 is 0 Å². The molecule has 1 aromatic heterocycles. The molecule has 0 bridgehead atoms. The molecule has 33 heavy (non-hydrogen) atoms. The van der Waals surface area contributed by atoms with Crippen LogP contribution in [-0.2, 0) is 38.4 Å². The first-order valence-corrected chi connectivity index (χ1v) is 11.2. The largest absolute Gasteiger partial charge is 0.469 e. The molecule has 6 nitrogen and oxygen atoms in total. The molecule has 0 N–H and O–H groups in total. The third kappa shape index (κ3) is 5.14. The minimum atomic E-state index is -0.286. The molecular weight excluding hydrogens is 484 g/mol. The Hall–Kier alpha value is -3.45. The molecule has 7 heteroatoms. The van der Waals surface area contributed by atoms with E-state index in [-0.39, 0.29) is 24.8 Å². The van der Waals surface area contributed by atoms with Crippen LogP contribution in [-0.4, -0.2) is 35.7 Å². The maximum Gasteiger partial charge on any atom is 0.309 e. The molecule has 0 atom stereocenters. The van der Waals surface area contributed by atoms with E-state index in [4.69, 9.17) is 14.5 Å². The molecule has 0 spiro atoms. The number of hydrogen-bond acceptors (Lipinski definition) is 5. The van der Waals surface area contributed by atoms with Crippen LogP contribution in [0, 0.1) is 0 Å².